The first-order valence-corrected chi connectivity index (χ1v) is 8.10. The van der Waals surface area contributed by atoms with Gasteiger partial charge in [0.1, 0.15) is 6.54 Å². The Morgan fingerprint density at radius 1 is 1.12 bits per heavy atom. The fourth-order valence-corrected chi connectivity index (χ4v) is 2.65. The molecule has 1 amide bonds. The molecule has 3 rings (SSSR count). The molecule has 25 heavy (non-hydrogen) atoms. The number of rotatable bonds is 4. The van der Waals surface area contributed by atoms with Gasteiger partial charge < -0.3 is 5.32 Å². The average molecular weight is 354 g/mol. The summed E-state index contributed by atoms with van der Waals surface area (Å²) in [5.41, 5.74) is 2.66. The van der Waals surface area contributed by atoms with Crippen molar-refractivity contribution in [3.8, 4) is 11.3 Å². The summed E-state index contributed by atoms with van der Waals surface area (Å²) < 4.78 is 1.14. The maximum atomic E-state index is 12.2. The van der Waals surface area contributed by atoms with E-state index in [9.17, 15) is 9.59 Å². The van der Waals surface area contributed by atoms with Gasteiger partial charge in [0.25, 0.3) is 5.56 Å². The second-order valence-electron chi connectivity index (χ2n) is 5.61. The van der Waals surface area contributed by atoms with E-state index in [4.69, 9.17) is 11.6 Å². The summed E-state index contributed by atoms with van der Waals surface area (Å²) in [6.45, 7) is 1.72. The summed E-state index contributed by atoms with van der Waals surface area (Å²) in [6.07, 6.45) is 0. The van der Waals surface area contributed by atoms with Gasteiger partial charge in [0.05, 0.1) is 16.4 Å². The monoisotopic (exact) mass is 353 g/mol. The first-order valence-electron chi connectivity index (χ1n) is 7.72. The Bertz CT molecular complexity index is 968. The highest BCUT2D eigenvalue weighted by atomic mass is 35.5. The minimum atomic E-state index is -0.370. The smallest absolute Gasteiger partial charge is 0.267 e. The summed E-state index contributed by atoms with van der Waals surface area (Å²) in [5, 5.41) is 7.42. The van der Waals surface area contributed by atoms with Gasteiger partial charge in [-0.2, -0.15) is 5.10 Å². The maximum absolute atomic E-state index is 12.2. The second kappa shape index (κ2) is 7.32. The average Bonchev–Trinajstić information content (AvgIpc) is 2.60. The standard InChI is InChI=1S/C19H16ClN3O2/c1-13-7-8-17(15(20)11-13)21-18(24)12-23-19(25)10-9-16(22-23)14-5-3-2-4-6-14/h2-11H,12H2,1H3,(H,21,24). The van der Waals surface area contributed by atoms with E-state index in [-0.39, 0.29) is 18.0 Å². The Morgan fingerprint density at radius 2 is 1.88 bits per heavy atom. The van der Waals surface area contributed by atoms with Crippen LogP contribution in [0.5, 0.6) is 0 Å². The van der Waals surface area contributed by atoms with Gasteiger partial charge in [0, 0.05) is 11.6 Å². The van der Waals surface area contributed by atoms with Crippen LogP contribution in [0.25, 0.3) is 11.3 Å². The largest absolute Gasteiger partial charge is 0.323 e. The molecule has 0 radical (unpaired) electrons. The zero-order valence-corrected chi connectivity index (χ0v) is 14.3. The molecule has 0 saturated carbocycles. The molecule has 0 aliphatic carbocycles. The van der Waals surface area contributed by atoms with Gasteiger partial charge in [-0.05, 0) is 30.7 Å². The lowest BCUT2D eigenvalue weighted by Crippen LogP contribution is -2.29. The van der Waals surface area contributed by atoms with E-state index >= 15 is 0 Å². The summed E-state index contributed by atoms with van der Waals surface area (Å²) in [6, 6.07) is 17.8. The first kappa shape index (κ1) is 16.9. The predicted molar refractivity (Wildman–Crippen MR) is 98.8 cm³/mol. The van der Waals surface area contributed by atoms with E-state index in [0.29, 0.717) is 16.4 Å². The van der Waals surface area contributed by atoms with Gasteiger partial charge in [-0.15, -0.1) is 0 Å². The minimum absolute atomic E-state index is 0.191. The van der Waals surface area contributed by atoms with Crippen molar-refractivity contribution < 1.29 is 4.79 Å². The van der Waals surface area contributed by atoms with E-state index in [1.54, 1.807) is 18.2 Å². The Balaban J connectivity index is 1.80. The summed E-state index contributed by atoms with van der Waals surface area (Å²) in [7, 11) is 0. The summed E-state index contributed by atoms with van der Waals surface area (Å²) in [5.74, 6) is -0.370. The normalized spacial score (nSPS) is 10.5. The molecule has 3 aromatic rings. The minimum Gasteiger partial charge on any atom is -0.323 e. The molecule has 0 fully saturated rings. The number of nitrogens with one attached hydrogen (secondary N) is 1. The van der Waals surface area contributed by atoms with Gasteiger partial charge >= 0.3 is 0 Å². The highest BCUT2D eigenvalue weighted by Crippen LogP contribution is 2.22. The molecule has 0 unspecified atom stereocenters. The lowest BCUT2D eigenvalue weighted by atomic mass is 10.1. The first-order chi connectivity index (χ1) is 12.0. The lowest BCUT2D eigenvalue weighted by Gasteiger charge is -2.10. The number of benzene rings is 2. The van der Waals surface area contributed by atoms with Crippen LogP contribution in [0.1, 0.15) is 5.56 Å². The fraction of sp³-hybridized carbons (Fsp3) is 0.105. The van der Waals surface area contributed by atoms with E-state index in [0.717, 1.165) is 15.8 Å². The molecule has 0 aliphatic heterocycles. The van der Waals surface area contributed by atoms with Gasteiger partial charge in [0.2, 0.25) is 5.91 Å². The van der Waals surface area contributed by atoms with Gasteiger partial charge in [-0.3, -0.25) is 9.59 Å². The van der Waals surface area contributed by atoms with Crippen LogP contribution in [0.2, 0.25) is 5.02 Å². The van der Waals surface area contributed by atoms with Crippen molar-refractivity contribution in [2.24, 2.45) is 0 Å². The lowest BCUT2D eigenvalue weighted by molar-refractivity contribution is -0.117. The molecule has 126 valence electrons. The van der Waals surface area contributed by atoms with Gasteiger partial charge in [-0.1, -0.05) is 48.0 Å². The molecule has 2 aromatic carbocycles. The maximum Gasteiger partial charge on any atom is 0.267 e. The highest BCUT2D eigenvalue weighted by Gasteiger charge is 2.10. The third-order valence-electron chi connectivity index (χ3n) is 3.63. The number of aromatic nitrogens is 2. The molecule has 6 heteroatoms. The Hall–Kier alpha value is -2.92. The molecule has 5 nitrogen and oxygen atoms in total. The van der Waals surface area contributed by atoms with Crippen molar-refractivity contribution in [3.05, 3.63) is 81.6 Å². The SMILES string of the molecule is Cc1ccc(NC(=O)Cn2nc(-c3ccccc3)ccc2=O)c(Cl)c1. The number of amides is 1. The van der Waals surface area contributed by atoms with Crippen LogP contribution < -0.4 is 10.9 Å². The molecule has 0 saturated heterocycles. The molecule has 0 atom stereocenters. The number of halogens is 1. The fourth-order valence-electron chi connectivity index (χ4n) is 2.37. The van der Waals surface area contributed by atoms with E-state index in [1.165, 1.54) is 6.07 Å². The summed E-state index contributed by atoms with van der Waals surface area (Å²) in [4.78, 5) is 24.2. The number of carbonyl (C=O) groups is 1. The van der Waals surface area contributed by atoms with Crippen molar-refractivity contribution in [1.82, 2.24) is 9.78 Å². The Kier molecular flexibility index (Phi) is 4.95. The second-order valence-corrected chi connectivity index (χ2v) is 6.02. The van der Waals surface area contributed by atoms with Crippen LogP contribution in [-0.2, 0) is 11.3 Å². The number of hydrogen-bond donors (Lipinski definition) is 1. The van der Waals surface area contributed by atoms with E-state index < -0.39 is 0 Å². The van der Waals surface area contributed by atoms with Crippen LogP contribution in [0.15, 0.2) is 65.5 Å². The topological polar surface area (TPSA) is 64.0 Å². The van der Waals surface area contributed by atoms with Crippen LogP contribution in [0.4, 0.5) is 5.69 Å². The quantitative estimate of drug-likeness (QED) is 0.780. The van der Waals surface area contributed by atoms with Crippen molar-refractivity contribution in [3.63, 3.8) is 0 Å². The molecule has 0 aliphatic rings. The Morgan fingerprint density at radius 3 is 2.60 bits per heavy atom. The third-order valence-corrected chi connectivity index (χ3v) is 3.94. The molecule has 1 aromatic heterocycles. The predicted octanol–water partition coefficient (Wildman–Crippen LogP) is 3.51. The number of aryl methyl sites for hydroxylation is 1. The molecule has 1 heterocycles. The van der Waals surface area contributed by atoms with Crippen LogP contribution in [0.3, 0.4) is 0 Å². The number of anilines is 1. The zero-order valence-electron chi connectivity index (χ0n) is 13.6. The van der Waals surface area contributed by atoms with E-state index in [2.05, 4.69) is 10.4 Å². The van der Waals surface area contributed by atoms with Crippen molar-refractivity contribution >= 4 is 23.2 Å². The molecule has 0 spiro atoms. The number of nitrogens with zero attached hydrogens (tertiary/aromatic N) is 2. The van der Waals surface area contributed by atoms with Crippen LogP contribution in [-0.4, -0.2) is 15.7 Å². The third kappa shape index (κ3) is 4.14. The number of hydrogen-bond acceptors (Lipinski definition) is 3. The molecular formula is C19H16ClN3O2. The highest BCUT2D eigenvalue weighted by molar-refractivity contribution is 6.33. The van der Waals surface area contributed by atoms with Crippen molar-refractivity contribution in [1.29, 1.82) is 0 Å². The molecule has 1 N–H and O–H groups in total. The van der Waals surface area contributed by atoms with Crippen LogP contribution in [0, 0.1) is 6.92 Å². The molecular weight excluding hydrogens is 338 g/mol. The van der Waals surface area contributed by atoms with Gasteiger partial charge in [0.15, 0.2) is 0 Å². The van der Waals surface area contributed by atoms with Crippen molar-refractivity contribution in [2.75, 3.05) is 5.32 Å². The summed E-state index contributed by atoms with van der Waals surface area (Å²) >= 11 is 6.11. The van der Waals surface area contributed by atoms with Crippen LogP contribution >= 0.6 is 11.6 Å². The van der Waals surface area contributed by atoms with E-state index in [1.807, 2.05) is 43.3 Å². The van der Waals surface area contributed by atoms with Crippen molar-refractivity contribution in [2.45, 2.75) is 13.5 Å². The molecule has 0 bridgehead atoms. The Labute approximate surface area is 149 Å². The zero-order chi connectivity index (χ0) is 17.8. The number of carbonyl (C=O) groups excluding carboxylic acids is 1. The van der Waals surface area contributed by atoms with Gasteiger partial charge in [-0.25, -0.2) is 4.68 Å².